The van der Waals surface area contributed by atoms with E-state index in [0.29, 0.717) is 67.3 Å². The molecule has 210 valence electrons. The third-order valence-electron chi connectivity index (χ3n) is 7.73. The summed E-state index contributed by atoms with van der Waals surface area (Å²) in [6, 6.07) is 5.75. The van der Waals surface area contributed by atoms with Crippen LogP contribution in [0.15, 0.2) is 24.3 Å². The Balaban J connectivity index is 1.37. The Kier molecular flexibility index (Phi) is 8.46. The van der Waals surface area contributed by atoms with Crippen molar-refractivity contribution in [1.29, 1.82) is 0 Å². The zero-order chi connectivity index (χ0) is 27.5. The van der Waals surface area contributed by atoms with Crippen molar-refractivity contribution < 1.29 is 43.1 Å². The number of fused-ring (bicyclic) bond motifs is 1. The molecule has 1 amide bonds. The molecule has 2 fully saturated rings. The predicted molar refractivity (Wildman–Crippen MR) is 138 cm³/mol. The second-order valence-corrected chi connectivity index (χ2v) is 10.3. The molecule has 0 spiro atoms. The molecule has 3 N–H and O–H groups in total. The van der Waals surface area contributed by atoms with E-state index in [-0.39, 0.29) is 49.2 Å². The largest absolute Gasteiger partial charge is 0.495 e. The van der Waals surface area contributed by atoms with Gasteiger partial charge in [0.25, 0.3) is 5.91 Å². The summed E-state index contributed by atoms with van der Waals surface area (Å²) in [7, 11) is 1.50. The van der Waals surface area contributed by atoms with E-state index in [1.54, 1.807) is 12.1 Å². The van der Waals surface area contributed by atoms with E-state index in [9.17, 15) is 19.8 Å². The number of ketones is 1. The second-order valence-electron chi connectivity index (χ2n) is 10.3. The summed E-state index contributed by atoms with van der Waals surface area (Å²) in [6.07, 6.45) is 0.407. The first kappa shape index (κ1) is 27.5. The Morgan fingerprint density at radius 1 is 1.05 bits per heavy atom. The standard InChI is InChI=1S/C29H34FNO8/c1-36-28-20-5-9-39-27(20)18(12-21(28)29(35)31-23-6-8-38-15-26(23)34)10-16-2-3-19(22(30)11-16)24(32)13-17-4-7-37-14-25(17)33/h2-3,11-12,17,23,25-26,33-34H,4-10,13-15H2,1H3,(H,31,35)/t17-,23+,25+,26+/m1/s1. The van der Waals surface area contributed by atoms with Gasteiger partial charge in [0.15, 0.2) is 5.78 Å². The molecule has 0 aromatic heterocycles. The molecule has 2 aromatic rings. The van der Waals surface area contributed by atoms with E-state index in [1.807, 2.05) is 0 Å². The normalized spacial score (nSPS) is 24.5. The SMILES string of the molecule is COc1c(C(=O)N[C@H]2CCOC[C@@H]2O)cc(Cc2ccc(C(=O)C[C@H]3CCOC[C@@H]3O)c(F)c2)c2c1CCO2. The Bertz CT molecular complexity index is 1230. The maximum atomic E-state index is 15.1. The number of carbonyl (C=O) groups excluding carboxylic acids is 2. The number of hydrogen-bond donors (Lipinski definition) is 3. The smallest absolute Gasteiger partial charge is 0.255 e. The minimum atomic E-state index is -0.801. The lowest BCUT2D eigenvalue weighted by Gasteiger charge is -2.28. The zero-order valence-corrected chi connectivity index (χ0v) is 21.9. The van der Waals surface area contributed by atoms with E-state index >= 15 is 4.39 Å². The van der Waals surface area contributed by atoms with Crippen molar-refractivity contribution in [3.05, 3.63) is 57.9 Å². The van der Waals surface area contributed by atoms with Crippen LogP contribution in [-0.4, -0.2) is 80.3 Å². The minimum absolute atomic E-state index is 0.0104. The van der Waals surface area contributed by atoms with Gasteiger partial charge in [-0.25, -0.2) is 4.39 Å². The van der Waals surface area contributed by atoms with Gasteiger partial charge in [0, 0.05) is 38.0 Å². The molecule has 39 heavy (non-hydrogen) atoms. The van der Waals surface area contributed by atoms with Gasteiger partial charge in [0.05, 0.1) is 56.3 Å². The molecule has 9 nitrogen and oxygen atoms in total. The molecule has 0 aliphatic carbocycles. The van der Waals surface area contributed by atoms with Crippen LogP contribution < -0.4 is 14.8 Å². The van der Waals surface area contributed by atoms with Gasteiger partial charge in [0.2, 0.25) is 0 Å². The molecule has 3 heterocycles. The highest BCUT2D eigenvalue weighted by molar-refractivity contribution is 5.98. The zero-order valence-electron chi connectivity index (χ0n) is 21.9. The monoisotopic (exact) mass is 543 g/mol. The molecule has 5 rings (SSSR count). The third kappa shape index (κ3) is 5.94. The summed E-state index contributed by atoms with van der Waals surface area (Å²) in [5.41, 5.74) is 2.39. The number of methoxy groups -OCH3 is 1. The highest BCUT2D eigenvalue weighted by atomic mass is 19.1. The van der Waals surface area contributed by atoms with Crippen LogP contribution in [0, 0.1) is 11.7 Å². The van der Waals surface area contributed by atoms with Gasteiger partial charge in [-0.2, -0.15) is 0 Å². The van der Waals surface area contributed by atoms with Crippen LogP contribution in [0.2, 0.25) is 0 Å². The average Bonchev–Trinajstić information content (AvgIpc) is 3.41. The van der Waals surface area contributed by atoms with Crippen LogP contribution in [0.25, 0.3) is 0 Å². The van der Waals surface area contributed by atoms with Crippen LogP contribution in [0.4, 0.5) is 4.39 Å². The molecule has 0 saturated carbocycles. The summed E-state index contributed by atoms with van der Waals surface area (Å²) in [5.74, 6) is -0.576. The van der Waals surface area contributed by atoms with Gasteiger partial charge >= 0.3 is 0 Å². The lowest BCUT2D eigenvalue weighted by atomic mass is 9.89. The number of rotatable bonds is 8. The molecule has 0 bridgehead atoms. The van der Waals surface area contributed by atoms with Gasteiger partial charge < -0.3 is 34.5 Å². The van der Waals surface area contributed by atoms with E-state index in [0.717, 1.165) is 5.56 Å². The molecular weight excluding hydrogens is 509 g/mol. The van der Waals surface area contributed by atoms with Gasteiger partial charge in [-0.05, 0) is 48.1 Å². The molecule has 3 aliphatic rings. The van der Waals surface area contributed by atoms with Crippen LogP contribution in [0.3, 0.4) is 0 Å². The molecule has 10 heteroatoms. The van der Waals surface area contributed by atoms with Crippen LogP contribution in [0.1, 0.15) is 56.7 Å². The maximum absolute atomic E-state index is 15.1. The molecule has 4 atom stereocenters. The lowest BCUT2D eigenvalue weighted by Crippen LogP contribution is -2.48. The second kappa shape index (κ2) is 12.0. The first-order chi connectivity index (χ1) is 18.9. The highest BCUT2D eigenvalue weighted by Crippen LogP contribution is 2.41. The number of ether oxygens (including phenoxy) is 4. The number of nitrogens with one attached hydrogen (secondary N) is 1. The average molecular weight is 544 g/mol. The van der Waals surface area contributed by atoms with Gasteiger partial charge in [-0.3, -0.25) is 9.59 Å². The van der Waals surface area contributed by atoms with E-state index in [4.69, 9.17) is 18.9 Å². The number of halogens is 1. The Hall–Kier alpha value is -3.05. The Morgan fingerprint density at radius 2 is 1.82 bits per heavy atom. The van der Waals surface area contributed by atoms with Crippen LogP contribution >= 0.6 is 0 Å². The van der Waals surface area contributed by atoms with Crippen molar-refractivity contribution in [1.82, 2.24) is 5.32 Å². The summed E-state index contributed by atoms with van der Waals surface area (Å²) in [4.78, 5) is 26.1. The highest BCUT2D eigenvalue weighted by Gasteiger charge is 2.31. The number of aliphatic hydroxyl groups excluding tert-OH is 2. The summed E-state index contributed by atoms with van der Waals surface area (Å²) >= 11 is 0. The number of aliphatic hydroxyl groups is 2. The van der Waals surface area contributed by atoms with E-state index in [1.165, 1.54) is 19.2 Å². The maximum Gasteiger partial charge on any atom is 0.255 e. The summed E-state index contributed by atoms with van der Waals surface area (Å²) in [5, 5.41) is 23.2. The summed E-state index contributed by atoms with van der Waals surface area (Å²) in [6.45, 7) is 1.69. The number of carbonyl (C=O) groups is 2. The number of hydrogen-bond acceptors (Lipinski definition) is 8. The first-order valence-corrected chi connectivity index (χ1v) is 13.3. The molecule has 2 aromatic carbocycles. The van der Waals surface area contributed by atoms with Crippen molar-refractivity contribution in [2.45, 2.75) is 50.4 Å². The molecule has 3 aliphatic heterocycles. The minimum Gasteiger partial charge on any atom is -0.495 e. The van der Waals surface area contributed by atoms with E-state index in [2.05, 4.69) is 5.32 Å². The van der Waals surface area contributed by atoms with Crippen LogP contribution in [-0.2, 0) is 22.3 Å². The fraction of sp³-hybridized carbons (Fsp3) is 0.517. The van der Waals surface area contributed by atoms with Crippen molar-refractivity contribution in [2.24, 2.45) is 5.92 Å². The van der Waals surface area contributed by atoms with Crippen molar-refractivity contribution >= 4 is 11.7 Å². The van der Waals surface area contributed by atoms with Gasteiger partial charge in [-0.1, -0.05) is 6.07 Å². The fourth-order valence-electron chi connectivity index (χ4n) is 5.57. The van der Waals surface area contributed by atoms with E-state index < -0.39 is 24.1 Å². The summed E-state index contributed by atoms with van der Waals surface area (Å²) < 4.78 is 37.1. The third-order valence-corrected chi connectivity index (χ3v) is 7.73. The van der Waals surface area contributed by atoms with Crippen molar-refractivity contribution in [3.63, 3.8) is 0 Å². The molecule has 2 saturated heterocycles. The van der Waals surface area contributed by atoms with Gasteiger partial charge in [0.1, 0.15) is 17.3 Å². The van der Waals surface area contributed by atoms with Gasteiger partial charge in [-0.15, -0.1) is 0 Å². The molecule has 0 unspecified atom stereocenters. The molecule has 0 radical (unpaired) electrons. The Labute approximate surface area is 226 Å². The lowest BCUT2D eigenvalue weighted by molar-refractivity contribution is -0.0438. The number of Topliss-reactive ketones (excluding diaryl/α,β-unsaturated/α-hetero) is 1. The number of amides is 1. The fourth-order valence-corrected chi connectivity index (χ4v) is 5.57. The van der Waals surface area contributed by atoms with Crippen molar-refractivity contribution in [3.8, 4) is 11.5 Å². The van der Waals surface area contributed by atoms with Crippen molar-refractivity contribution in [2.75, 3.05) is 40.1 Å². The first-order valence-electron chi connectivity index (χ1n) is 13.3. The Morgan fingerprint density at radius 3 is 2.54 bits per heavy atom. The van der Waals surface area contributed by atoms with Crippen LogP contribution in [0.5, 0.6) is 11.5 Å². The topological polar surface area (TPSA) is 124 Å². The number of benzene rings is 2. The quantitative estimate of drug-likeness (QED) is 0.433. The molecular formula is C29H34FNO8. The predicted octanol–water partition coefficient (Wildman–Crippen LogP) is 2.21.